The molecule has 0 aliphatic rings. The molecule has 0 atom stereocenters. The van der Waals surface area contributed by atoms with E-state index in [1.165, 1.54) is 5.56 Å². The van der Waals surface area contributed by atoms with E-state index in [9.17, 15) is 0 Å². The Bertz CT molecular complexity index is 584. The molecule has 1 heterocycles. The minimum Gasteiger partial charge on any atom is -0.496 e. The lowest BCUT2D eigenvalue weighted by molar-refractivity contribution is 0.409. The lowest BCUT2D eigenvalue weighted by Gasteiger charge is -2.14. The van der Waals surface area contributed by atoms with Crippen molar-refractivity contribution >= 4 is 11.3 Å². The highest BCUT2D eigenvalue weighted by Gasteiger charge is 2.17. The van der Waals surface area contributed by atoms with Gasteiger partial charge in [0, 0.05) is 29.3 Å². The Hall–Kier alpha value is -1.39. The summed E-state index contributed by atoms with van der Waals surface area (Å²) in [6.45, 7) is 7.05. The lowest BCUT2D eigenvalue weighted by Crippen LogP contribution is -2.11. The van der Waals surface area contributed by atoms with Crippen molar-refractivity contribution in [1.82, 2.24) is 4.98 Å². The first-order valence-corrected chi connectivity index (χ1v) is 7.62. The first-order chi connectivity index (χ1) is 9.44. The van der Waals surface area contributed by atoms with Crippen LogP contribution < -0.4 is 10.5 Å². The van der Waals surface area contributed by atoms with Crippen molar-refractivity contribution in [1.29, 1.82) is 0 Å². The van der Waals surface area contributed by atoms with E-state index < -0.39 is 0 Å². The number of aromatic nitrogens is 1. The highest BCUT2D eigenvalue weighted by Crippen LogP contribution is 2.26. The number of nitrogens with zero attached hydrogens (tertiary/aromatic N) is 1. The minimum atomic E-state index is 0.108. The topological polar surface area (TPSA) is 48.1 Å². The van der Waals surface area contributed by atoms with Crippen molar-refractivity contribution in [3.8, 4) is 5.75 Å². The van der Waals surface area contributed by atoms with Crippen molar-refractivity contribution in [2.75, 3.05) is 7.11 Å². The Labute approximate surface area is 124 Å². The zero-order valence-corrected chi connectivity index (χ0v) is 13.4. The molecule has 0 fully saturated rings. The van der Waals surface area contributed by atoms with E-state index in [-0.39, 0.29) is 5.41 Å². The van der Waals surface area contributed by atoms with E-state index in [1.54, 1.807) is 18.4 Å². The van der Waals surface area contributed by atoms with Gasteiger partial charge in [0.25, 0.3) is 0 Å². The van der Waals surface area contributed by atoms with Crippen LogP contribution in [0.3, 0.4) is 0 Å². The molecule has 20 heavy (non-hydrogen) atoms. The largest absolute Gasteiger partial charge is 0.496 e. The highest BCUT2D eigenvalue weighted by atomic mass is 32.1. The molecule has 2 aromatic rings. The molecule has 0 radical (unpaired) electrons. The second-order valence-corrected chi connectivity index (χ2v) is 6.85. The number of hydrogen-bond donors (Lipinski definition) is 1. The average Bonchev–Trinajstić information content (AvgIpc) is 2.87. The maximum atomic E-state index is 5.76. The Kier molecular flexibility index (Phi) is 4.45. The lowest BCUT2D eigenvalue weighted by atomic mass is 9.93. The summed E-state index contributed by atoms with van der Waals surface area (Å²) < 4.78 is 5.30. The van der Waals surface area contributed by atoms with Crippen LogP contribution in [0, 0.1) is 0 Å². The minimum absolute atomic E-state index is 0.108. The Morgan fingerprint density at radius 2 is 2.05 bits per heavy atom. The SMILES string of the molecule is COc1ccc(Cc2nc(C(C)(C)C)cs2)cc1CN. The van der Waals surface area contributed by atoms with Crippen LogP contribution in [0.2, 0.25) is 0 Å². The Morgan fingerprint density at radius 3 is 2.60 bits per heavy atom. The Morgan fingerprint density at radius 1 is 1.30 bits per heavy atom. The van der Waals surface area contributed by atoms with Crippen molar-refractivity contribution in [3.05, 3.63) is 45.4 Å². The van der Waals surface area contributed by atoms with Crippen LogP contribution in [0.5, 0.6) is 5.75 Å². The summed E-state index contributed by atoms with van der Waals surface area (Å²) in [5.74, 6) is 0.853. The summed E-state index contributed by atoms with van der Waals surface area (Å²) >= 11 is 1.72. The van der Waals surface area contributed by atoms with E-state index in [1.807, 2.05) is 6.07 Å². The number of methoxy groups -OCH3 is 1. The molecular formula is C16H22N2OS. The summed E-state index contributed by atoms with van der Waals surface area (Å²) in [5, 5.41) is 3.30. The first kappa shape index (κ1) is 15.0. The van der Waals surface area contributed by atoms with Crippen LogP contribution in [0.25, 0.3) is 0 Å². The number of nitrogens with two attached hydrogens (primary N) is 1. The quantitative estimate of drug-likeness (QED) is 0.937. The van der Waals surface area contributed by atoms with Gasteiger partial charge in [-0.1, -0.05) is 32.9 Å². The summed E-state index contributed by atoms with van der Waals surface area (Å²) in [6.07, 6.45) is 0.845. The third-order valence-corrected chi connectivity index (χ3v) is 4.09. The van der Waals surface area contributed by atoms with Crippen molar-refractivity contribution in [2.45, 2.75) is 39.2 Å². The first-order valence-electron chi connectivity index (χ1n) is 6.75. The van der Waals surface area contributed by atoms with Gasteiger partial charge in [0.05, 0.1) is 17.8 Å². The smallest absolute Gasteiger partial charge is 0.123 e. The molecule has 1 aromatic heterocycles. The number of hydrogen-bond acceptors (Lipinski definition) is 4. The third kappa shape index (κ3) is 3.38. The summed E-state index contributed by atoms with van der Waals surface area (Å²) in [4.78, 5) is 4.73. The molecule has 0 aliphatic carbocycles. The fourth-order valence-corrected chi connectivity index (χ4v) is 3.07. The molecular weight excluding hydrogens is 268 g/mol. The predicted molar refractivity (Wildman–Crippen MR) is 84.5 cm³/mol. The molecule has 108 valence electrons. The molecule has 3 nitrogen and oxygen atoms in total. The van der Waals surface area contributed by atoms with Gasteiger partial charge in [-0.2, -0.15) is 0 Å². The van der Waals surface area contributed by atoms with E-state index >= 15 is 0 Å². The molecule has 0 amide bonds. The van der Waals surface area contributed by atoms with Crippen molar-refractivity contribution in [3.63, 3.8) is 0 Å². The fraction of sp³-hybridized carbons (Fsp3) is 0.438. The molecule has 0 spiro atoms. The molecule has 0 saturated heterocycles. The van der Waals surface area contributed by atoms with Crippen LogP contribution in [-0.4, -0.2) is 12.1 Å². The number of thiazole rings is 1. The zero-order chi connectivity index (χ0) is 14.8. The van der Waals surface area contributed by atoms with E-state index in [0.717, 1.165) is 28.4 Å². The molecule has 0 aliphatic heterocycles. The van der Waals surface area contributed by atoms with Gasteiger partial charge in [0.15, 0.2) is 0 Å². The molecule has 0 unspecified atom stereocenters. The molecule has 2 N–H and O–H groups in total. The van der Waals surface area contributed by atoms with Crippen LogP contribution in [0.1, 0.15) is 42.6 Å². The standard InChI is InChI=1S/C16H22N2OS/c1-16(2,3)14-10-20-15(18-14)8-11-5-6-13(19-4)12(7-11)9-17/h5-7,10H,8-9,17H2,1-4H3. The summed E-state index contributed by atoms with van der Waals surface area (Å²) in [7, 11) is 1.67. The van der Waals surface area contributed by atoms with Gasteiger partial charge in [-0.05, 0) is 11.6 Å². The summed E-state index contributed by atoms with van der Waals surface area (Å²) in [5.41, 5.74) is 9.28. The van der Waals surface area contributed by atoms with Gasteiger partial charge in [-0.25, -0.2) is 4.98 Å². The maximum Gasteiger partial charge on any atom is 0.123 e. The molecule has 2 rings (SSSR count). The molecule has 0 saturated carbocycles. The normalized spacial score (nSPS) is 11.7. The molecule has 4 heteroatoms. The van der Waals surface area contributed by atoms with Crippen molar-refractivity contribution in [2.24, 2.45) is 5.73 Å². The van der Waals surface area contributed by atoms with Crippen LogP contribution in [-0.2, 0) is 18.4 Å². The van der Waals surface area contributed by atoms with E-state index in [2.05, 4.69) is 38.3 Å². The summed E-state index contributed by atoms with van der Waals surface area (Å²) in [6, 6.07) is 6.17. The number of rotatable bonds is 4. The Balaban J connectivity index is 2.20. The van der Waals surface area contributed by atoms with Gasteiger partial charge in [0.2, 0.25) is 0 Å². The number of benzene rings is 1. The van der Waals surface area contributed by atoms with Crippen LogP contribution in [0.4, 0.5) is 0 Å². The number of ether oxygens (including phenoxy) is 1. The fourth-order valence-electron chi connectivity index (χ4n) is 2.01. The van der Waals surface area contributed by atoms with E-state index in [0.29, 0.717) is 6.54 Å². The van der Waals surface area contributed by atoms with Crippen molar-refractivity contribution < 1.29 is 4.74 Å². The monoisotopic (exact) mass is 290 g/mol. The second kappa shape index (κ2) is 5.94. The molecule has 1 aromatic carbocycles. The van der Waals surface area contributed by atoms with Crippen LogP contribution >= 0.6 is 11.3 Å². The van der Waals surface area contributed by atoms with Gasteiger partial charge in [0.1, 0.15) is 5.75 Å². The predicted octanol–water partition coefficient (Wildman–Crippen LogP) is 3.50. The third-order valence-electron chi connectivity index (χ3n) is 3.24. The second-order valence-electron chi connectivity index (χ2n) is 5.90. The van der Waals surface area contributed by atoms with Gasteiger partial charge < -0.3 is 10.5 Å². The highest BCUT2D eigenvalue weighted by molar-refractivity contribution is 7.09. The van der Waals surface area contributed by atoms with Gasteiger partial charge in [-0.15, -0.1) is 11.3 Å². The van der Waals surface area contributed by atoms with Gasteiger partial charge >= 0.3 is 0 Å². The average molecular weight is 290 g/mol. The molecule has 0 bridgehead atoms. The van der Waals surface area contributed by atoms with Gasteiger partial charge in [-0.3, -0.25) is 0 Å². The zero-order valence-electron chi connectivity index (χ0n) is 12.6. The maximum absolute atomic E-state index is 5.76. The van der Waals surface area contributed by atoms with E-state index in [4.69, 9.17) is 15.5 Å². The van der Waals surface area contributed by atoms with Crippen LogP contribution in [0.15, 0.2) is 23.6 Å².